The third kappa shape index (κ3) is 5.78. The van der Waals surface area contributed by atoms with Crippen LogP contribution in [0.1, 0.15) is 32.8 Å². The van der Waals surface area contributed by atoms with E-state index >= 15 is 0 Å². The molecule has 0 aliphatic rings. The lowest BCUT2D eigenvalue weighted by Gasteiger charge is -2.22. The Morgan fingerprint density at radius 1 is 1.28 bits per heavy atom. The number of hydrogen-bond donors (Lipinski definition) is 1. The fourth-order valence-corrected chi connectivity index (χ4v) is 2.35. The van der Waals surface area contributed by atoms with Crippen molar-refractivity contribution in [2.45, 2.75) is 39.1 Å². The monoisotopic (exact) mass is 275 g/mol. The van der Waals surface area contributed by atoms with Gasteiger partial charge in [-0.1, -0.05) is 20.8 Å². The fourth-order valence-electron chi connectivity index (χ4n) is 1.78. The molecular formula is C14H20ClF2N. The predicted octanol–water partition coefficient (Wildman–Crippen LogP) is 4.10. The van der Waals surface area contributed by atoms with Crippen molar-refractivity contribution >= 4 is 11.6 Å². The van der Waals surface area contributed by atoms with E-state index in [0.717, 1.165) is 18.6 Å². The Morgan fingerprint density at radius 2 is 1.94 bits per heavy atom. The van der Waals surface area contributed by atoms with E-state index in [1.54, 1.807) is 0 Å². The zero-order valence-electron chi connectivity index (χ0n) is 11.1. The van der Waals surface area contributed by atoms with Crippen LogP contribution in [-0.2, 0) is 6.54 Å². The highest BCUT2D eigenvalue weighted by molar-refractivity contribution is 6.20. The first-order valence-corrected chi connectivity index (χ1v) is 6.50. The highest BCUT2D eigenvalue weighted by Gasteiger charge is 2.16. The maximum atomic E-state index is 13.3. The van der Waals surface area contributed by atoms with Crippen LogP contribution in [0.2, 0.25) is 0 Å². The molecule has 0 aromatic heterocycles. The number of rotatable bonds is 5. The van der Waals surface area contributed by atoms with E-state index in [4.69, 9.17) is 11.6 Å². The van der Waals surface area contributed by atoms with Gasteiger partial charge in [0.05, 0.1) is 0 Å². The van der Waals surface area contributed by atoms with E-state index in [-0.39, 0.29) is 17.3 Å². The first-order valence-electron chi connectivity index (χ1n) is 6.06. The summed E-state index contributed by atoms with van der Waals surface area (Å²) in [7, 11) is 0. The van der Waals surface area contributed by atoms with Crippen molar-refractivity contribution in [2.24, 2.45) is 5.41 Å². The summed E-state index contributed by atoms with van der Waals surface area (Å²) >= 11 is 6.17. The van der Waals surface area contributed by atoms with Gasteiger partial charge in [0.2, 0.25) is 0 Å². The quantitative estimate of drug-likeness (QED) is 0.798. The molecule has 0 amide bonds. The minimum Gasteiger partial charge on any atom is -0.311 e. The van der Waals surface area contributed by atoms with Crippen molar-refractivity contribution in [3.05, 3.63) is 35.4 Å². The molecule has 102 valence electrons. The van der Waals surface area contributed by atoms with E-state index in [9.17, 15) is 8.78 Å². The lowest BCUT2D eigenvalue weighted by molar-refractivity contribution is 0.364. The van der Waals surface area contributed by atoms with Crippen molar-refractivity contribution in [1.82, 2.24) is 5.32 Å². The highest BCUT2D eigenvalue weighted by atomic mass is 35.5. The maximum Gasteiger partial charge on any atom is 0.127 e. The molecule has 1 nitrogen and oxygen atoms in total. The van der Waals surface area contributed by atoms with Crippen molar-refractivity contribution in [3.63, 3.8) is 0 Å². The summed E-state index contributed by atoms with van der Waals surface area (Å²) in [4.78, 5) is 0. The molecule has 0 aliphatic heterocycles. The summed E-state index contributed by atoms with van der Waals surface area (Å²) in [5, 5.41) is 3.04. The molecule has 0 radical (unpaired) electrons. The number of halogens is 3. The van der Waals surface area contributed by atoms with Gasteiger partial charge < -0.3 is 5.32 Å². The number of hydrogen-bond acceptors (Lipinski definition) is 1. The molecule has 1 rings (SSSR count). The summed E-state index contributed by atoms with van der Waals surface area (Å²) < 4.78 is 26.3. The second-order valence-electron chi connectivity index (χ2n) is 5.73. The maximum absolute atomic E-state index is 13.3. The van der Waals surface area contributed by atoms with Gasteiger partial charge in [0.25, 0.3) is 0 Å². The van der Waals surface area contributed by atoms with Gasteiger partial charge in [-0.15, -0.1) is 11.6 Å². The van der Waals surface area contributed by atoms with Crippen LogP contribution < -0.4 is 5.32 Å². The Bertz CT molecular complexity index is 388. The molecule has 1 aromatic carbocycles. The van der Waals surface area contributed by atoms with Crippen molar-refractivity contribution in [1.29, 1.82) is 0 Å². The van der Waals surface area contributed by atoms with Gasteiger partial charge in [-0.3, -0.25) is 0 Å². The van der Waals surface area contributed by atoms with E-state index in [1.807, 2.05) is 0 Å². The summed E-state index contributed by atoms with van der Waals surface area (Å²) in [6.07, 6.45) is 0.868. The summed E-state index contributed by atoms with van der Waals surface area (Å²) in [6.45, 7) is 7.23. The Morgan fingerprint density at radius 3 is 2.56 bits per heavy atom. The van der Waals surface area contributed by atoms with Crippen molar-refractivity contribution in [3.8, 4) is 0 Å². The van der Waals surface area contributed by atoms with Crippen molar-refractivity contribution < 1.29 is 8.78 Å². The zero-order valence-corrected chi connectivity index (χ0v) is 11.8. The van der Waals surface area contributed by atoms with Crippen LogP contribution in [0.4, 0.5) is 8.78 Å². The molecular weight excluding hydrogens is 256 g/mol. The average molecular weight is 276 g/mol. The fraction of sp³-hybridized carbons (Fsp3) is 0.571. The topological polar surface area (TPSA) is 12.0 Å². The first-order chi connectivity index (χ1) is 8.28. The molecule has 0 heterocycles. The van der Waals surface area contributed by atoms with Crippen LogP contribution in [-0.4, -0.2) is 11.9 Å². The molecule has 1 N–H and O–H groups in total. The van der Waals surface area contributed by atoms with Gasteiger partial charge >= 0.3 is 0 Å². The molecule has 1 aromatic rings. The largest absolute Gasteiger partial charge is 0.311 e. The van der Waals surface area contributed by atoms with Gasteiger partial charge in [0, 0.05) is 24.0 Å². The third-order valence-corrected chi connectivity index (χ3v) is 2.83. The second-order valence-corrected chi connectivity index (χ2v) is 6.35. The minimum atomic E-state index is -0.426. The molecule has 4 heteroatoms. The van der Waals surface area contributed by atoms with Gasteiger partial charge in [-0.05, 0) is 30.0 Å². The Kier molecular flexibility index (Phi) is 5.54. The Labute approximate surface area is 113 Å². The average Bonchev–Trinajstić information content (AvgIpc) is 2.20. The Hall–Kier alpha value is -0.670. The summed E-state index contributed by atoms with van der Waals surface area (Å²) in [6, 6.07) is 3.46. The number of nitrogens with one attached hydrogen (secondary N) is 1. The lowest BCUT2D eigenvalue weighted by Crippen LogP contribution is -2.26. The second kappa shape index (κ2) is 6.48. The smallest absolute Gasteiger partial charge is 0.127 e. The highest BCUT2D eigenvalue weighted by Crippen LogP contribution is 2.23. The molecule has 0 fully saturated rings. The molecule has 0 saturated carbocycles. The SMILES string of the molecule is CC(C)(C)CC(Cl)CNCc1cc(F)ccc1F. The lowest BCUT2D eigenvalue weighted by atomic mass is 9.90. The molecule has 1 unspecified atom stereocenters. The van der Waals surface area contributed by atoms with E-state index in [2.05, 4.69) is 26.1 Å². The molecule has 0 saturated heterocycles. The van der Waals surface area contributed by atoms with Crippen LogP contribution >= 0.6 is 11.6 Å². The molecule has 18 heavy (non-hydrogen) atoms. The third-order valence-electron chi connectivity index (χ3n) is 2.52. The summed E-state index contributed by atoms with van der Waals surface area (Å²) in [5.41, 5.74) is 0.493. The predicted molar refractivity (Wildman–Crippen MR) is 71.8 cm³/mol. The standard InChI is InChI=1S/C14H20ClF2N/c1-14(2,3)7-11(15)9-18-8-10-6-12(16)4-5-13(10)17/h4-6,11,18H,7-9H2,1-3H3. The van der Waals surface area contributed by atoms with Gasteiger partial charge in [0.15, 0.2) is 0 Å². The molecule has 0 aliphatic carbocycles. The molecule has 1 atom stereocenters. The van der Waals surface area contributed by atoms with E-state index in [0.29, 0.717) is 12.1 Å². The van der Waals surface area contributed by atoms with Gasteiger partial charge in [-0.25, -0.2) is 8.78 Å². The Balaban J connectivity index is 2.40. The van der Waals surface area contributed by atoms with Crippen LogP contribution in [0.3, 0.4) is 0 Å². The van der Waals surface area contributed by atoms with Crippen LogP contribution in [0.25, 0.3) is 0 Å². The van der Waals surface area contributed by atoms with E-state index < -0.39 is 11.6 Å². The molecule has 0 spiro atoms. The number of benzene rings is 1. The van der Waals surface area contributed by atoms with Crippen LogP contribution in [0, 0.1) is 17.0 Å². The normalized spacial score (nSPS) is 13.7. The van der Waals surface area contributed by atoms with Crippen molar-refractivity contribution in [2.75, 3.05) is 6.54 Å². The minimum absolute atomic E-state index is 0.0124. The first kappa shape index (κ1) is 15.4. The van der Waals surface area contributed by atoms with Crippen LogP contribution in [0.15, 0.2) is 18.2 Å². The van der Waals surface area contributed by atoms with Gasteiger partial charge in [0.1, 0.15) is 11.6 Å². The zero-order chi connectivity index (χ0) is 13.8. The van der Waals surface area contributed by atoms with Crippen LogP contribution in [0.5, 0.6) is 0 Å². The number of alkyl halides is 1. The summed E-state index contributed by atoms with van der Waals surface area (Å²) in [5.74, 6) is -0.823. The van der Waals surface area contributed by atoms with Gasteiger partial charge in [-0.2, -0.15) is 0 Å². The van der Waals surface area contributed by atoms with E-state index in [1.165, 1.54) is 6.07 Å². The molecule has 0 bridgehead atoms.